The van der Waals surface area contributed by atoms with Gasteiger partial charge in [0.1, 0.15) is 0 Å². The van der Waals surface area contributed by atoms with Crippen LogP contribution in [0, 0.1) is 5.92 Å². The minimum absolute atomic E-state index is 0.283. The molecule has 0 radical (unpaired) electrons. The minimum atomic E-state index is 0.283. The maximum absolute atomic E-state index is 8.80. The van der Waals surface area contributed by atoms with Crippen molar-refractivity contribution in [1.82, 2.24) is 4.90 Å². The molecule has 0 aromatic rings. The number of aliphatic hydroxyl groups is 1. The molecule has 2 atom stereocenters. The zero-order valence-electron chi connectivity index (χ0n) is 7.16. The van der Waals surface area contributed by atoms with E-state index in [2.05, 4.69) is 11.8 Å². The predicted molar refractivity (Wildman–Crippen MR) is 45.3 cm³/mol. The molecule has 2 unspecified atom stereocenters. The Morgan fingerprint density at radius 3 is 2.91 bits per heavy atom. The SMILES string of the molecule is CC(CO)CN1CCC(N)C1. The van der Waals surface area contributed by atoms with Crippen LogP contribution in [0.5, 0.6) is 0 Å². The molecule has 11 heavy (non-hydrogen) atoms. The molecule has 0 bridgehead atoms. The lowest BCUT2D eigenvalue weighted by Crippen LogP contribution is -2.30. The van der Waals surface area contributed by atoms with Gasteiger partial charge in [0.05, 0.1) is 0 Å². The van der Waals surface area contributed by atoms with Gasteiger partial charge in [0.25, 0.3) is 0 Å². The number of hydrogen-bond acceptors (Lipinski definition) is 3. The maximum atomic E-state index is 8.80. The normalized spacial score (nSPS) is 29.2. The van der Waals surface area contributed by atoms with E-state index in [1.165, 1.54) is 0 Å². The van der Waals surface area contributed by atoms with Crippen LogP contribution in [0.3, 0.4) is 0 Å². The first-order chi connectivity index (χ1) is 5.22. The number of likely N-dealkylation sites (tertiary alicyclic amines) is 1. The topological polar surface area (TPSA) is 49.5 Å². The van der Waals surface area contributed by atoms with E-state index in [9.17, 15) is 0 Å². The minimum Gasteiger partial charge on any atom is -0.396 e. The van der Waals surface area contributed by atoms with Crippen LogP contribution >= 0.6 is 0 Å². The predicted octanol–water partition coefficient (Wildman–Crippen LogP) is -0.352. The van der Waals surface area contributed by atoms with Gasteiger partial charge in [0.2, 0.25) is 0 Å². The maximum Gasteiger partial charge on any atom is 0.0468 e. The monoisotopic (exact) mass is 158 g/mol. The van der Waals surface area contributed by atoms with Gasteiger partial charge in [-0.05, 0) is 18.9 Å². The van der Waals surface area contributed by atoms with E-state index in [1.54, 1.807) is 0 Å². The zero-order chi connectivity index (χ0) is 8.27. The van der Waals surface area contributed by atoms with Gasteiger partial charge in [0.15, 0.2) is 0 Å². The van der Waals surface area contributed by atoms with E-state index in [1.807, 2.05) is 0 Å². The molecule has 1 rings (SSSR count). The van der Waals surface area contributed by atoms with Gasteiger partial charge >= 0.3 is 0 Å². The van der Waals surface area contributed by atoms with Crippen molar-refractivity contribution in [2.24, 2.45) is 11.7 Å². The van der Waals surface area contributed by atoms with Crippen LogP contribution in [0.2, 0.25) is 0 Å². The van der Waals surface area contributed by atoms with Crippen LogP contribution in [0.1, 0.15) is 13.3 Å². The third-order valence-electron chi connectivity index (χ3n) is 2.19. The average molecular weight is 158 g/mol. The standard InChI is InChI=1S/C8H18N2O/c1-7(6-11)4-10-3-2-8(9)5-10/h7-8,11H,2-6,9H2,1H3. The van der Waals surface area contributed by atoms with Crippen LogP contribution in [-0.2, 0) is 0 Å². The number of hydrogen-bond donors (Lipinski definition) is 2. The van der Waals surface area contributed by atoms with Crippen LogP contribution in [0.25, 0.3) is 0 Å². The van der Waals surface area contributed by atoms with E-state index >= 15 is 0 Å². The van der Waals surface area contributed by atoms with Crippen molar-refractivity contribution in [1.29, 1.82) is 0 Å². The summed E-state index contributed by atoms with van der Waals surface area (Å²) in [5.74, 6) is 0.389. The van der Waals surface area contributed by atoms with Crippen molar-refractivity contribution in [2.45, 2.75) is 19.4 Å². The lowest BCUT2D eigenvalue weighted by Gasteiger charge is -2.18. The molecule has 0 aliphatic carbocycles. The van der Waals surface area contributed by atoms with Crippen LogP contribution in [0.15, 0.2) is 0 Å². The lowest BCUT2D eigenvalue weighted by molar-refractivity contribution is 0.190. The Bertz CT molecular complexity index is 119. The van der Waals surface area contributed by atoms with E-state index in [4.69, 9.17) is 10.8 Å². The summed E-state index contributed by atoms with van der Waals surface area (Å²) < 4.78 is 0. The smallest absolute Gasteiger partial charge is 0.0468 e. The fraction of sp³-hybridized carbons (Fsp3) is 1.00. The van der Waals surface area contributed by atoms with Crippen molar-refractivity contribution < 1.29 is 5.11 Å². The highest BCUT2D eigenvalue weighted by Crippen LogP contribution is 2.08. The van der Waals surface area contributed by atoms with Crippen molar-refractivity contribution in [3.8, 4) is 0 Å². The third-order valence-corrected chi connectivity index (χ3v) is 2.19. The van der Waals surface area contributed by atoms with Gasteiger partial charge in [-0.25, -0.2) is 0 Å². The Morgan fingerprint density at radius 1 is 1.73 bits per heavy atom. The van der Waals surface area contributed by atoms with Crippen molar-refractivity contribution in [3.63, 3.8) is 0 Å². The second-order valence-electron chi connectivity index (χ2n) is 3.60. The summed E-state index contributed by atoms with van der Waals surface area (Å²) in [6.45, 7) is 5.44. The molecule has 0 saturated carbocycles. The molecular formula is C8H18N2O. The van der Waals surface area contributed by atoms with Crippen LogP contribution in [-0.4, -0.2) is 42.3 Å². The number of nitrogens with zero attached hydrogens (tertiary/aromatic N) is 1. The van der Waals surface area contributed by atoms with Gasteiger partial charge in [-0.2, -0.15) is 0 Å². The summed E-state index contributed by atoms with van der Waals surface area (Å²) in [4.78, 5) is 2.32. The Labute approximate surface area is 68.2 Å². The van der Waals surface area contributed by atoms with Gasteiger partial charge in [-0.1, -0.05) is 6.92 Å². The van der Waals surface area contributed by atoms with Crippen LogP contribution < -0.4 is 5.73 Å². The molecule has 1 heterocycles. The molecule has 1 saturated heterocycles. The Balaban J connectivity index is 2.17. The molecule has 0 aromatic heterocycles. The summed E-state index contributed by atoms with van der Waals surface area (Å²) in [5, 5.41) is 8.80. The van der Waals surface area contributed by atoms with Gasteiger partial charge in [-0.3, -0.25) is 0 Å². The van der Waals surface area contributed by atoms with Crippen LogP contribution in [0.4, 0.5) is 0 Å². The van der Waals surface area contributed by atoms with Gasteiger partial charge < -0.3 is 15.7 Å². The molecule has 3 nitrogen and oxygen atoms in total. The van der Waals surface area contributed by atoms with E-state index in [-0.39, 0.29) is 6.61 Å². The molecule has 3 heteroatoms. The Kier molecular flexibility index (Phi) is 3.30. The third kappa shape index (κ3) is 2.77. The summed E-state index contributed by atoms with van der Waals surface area (Å²) in [6.07, 6.45) is 1.11. The summed E-state index contributed by atoms with van der Waals surface area (Å²) >= 11 is 0. The Hall–Kier alpha value is -0.120. The summed E-state index contributed by atoms with van der Waals surface area (Å²) in [7, 11) is 0. The molecule has 0 amide bonds. The zero-order valence-corrected chi connectivity index (χ0v) is 7.16. The quantitative estimate of drug-likeness (QED) is 0.590. The largest absolute Gasteiger partial charge is 0.396 e. The fourth-order valence-corrected chi connectivity index (χ4v) is 1.53. The molecule has 66 valence electrons. The fourth-order valence-electron chi connectivity index (χ4n) is 1.53. The average Bonchev–Trinajstić information content (AvgIpc) is 2.35. The molecule has 1 aliphatic heterocycles. The first kappa shape index (κ1) is 8.97. The van der Waals surface area contributed by atoms with E-state index < -0.39 is 0 Å². The molecule has 0 spiro atoms. The van der Waals surface area contributed by atoms with Gasteiger partial charge in [0, 0.05) is 25.7 Å². The molecule has 3 N–H and O–H groups in total. The molecule has 1 fully saturated rings. The van der Waals surface area contributed by atoms with E-state index in [0.717, 1.165) is 26.1 Å². The second-order valence-corrected chi connectivity index (χ2v) is 3.60. The summed E-state index contributed by atoms with van der Waals surface area (Å²) in [6, 6.07) is 0.362. The number of rotatable bonds is 3. The van der Waals surface area contributed by atoms with Crippen molar-refractivity contribution in [2.75, 3.05) is 26.2 Å². The molecule has 0 aromatic carbocycles. The van der Waals surface area contributed by atoms with Gasteiger partial charge in [-0.15, -0.1) is 0 Å². The first-order valence-electron chi connectivity index (χ1n) is 4.31. The number of aliphatic hydroxyl groups excluding tert-OH is 1. The lowest BCUT2D eigenvalue weighted by atomic mass is 10.2. The van der Waals surface area contributed by atoms with Crippen molar-refractivity contribution >= 4 is 0 Å². The molecule has 1 aliphatic rings. The van der Waals surface area contributed by atoms with Crippen molar-refractivity contribution in [3.05, 3.63) is 0 Å². The Morgan fingerprint density at radius 2 is 2.45 bits per heavy atom. The highest BCUT2D eigenvalue weighted by atomic mass is 16.3. The first-order valence-corrected chi connectivity index (χ1v) is 4.31. The van der Waals surface area contributed by atoms with E-state index in [0.29, 0.717) is 12.0 Å². The highest BCUT2D eigenvalue weighted by Gasteiger charge is 2.19. The summed E-state index contributed by atoms with van der Waals surface area (Å²) in [5.41, 5.74) is 5.74. The number of nitrogens with two attached hydrogens (primary N) is 1. The molecular weight excluding hydrogens is 140 g/mol. The highest BCUT2D eigenvalue weighted by molar-refractivity contribution is 4.78. The second kappa shape index (κ2) is 4.04.